The number of furan rings is 1. The van der Waals surface area contributed by atoms with E-state index in [4.69, 9.17) is 21.3 Å². The first-order valence-corrected chi connectivity index (χ1v) is 5.00. The van der Waals surface area contributed by atoms with Gasteiger partial charge in [0.1, 0.15) is 17.6 Å². The molecular formula is C11H8ClN3O. The minimum Gasteiger partial charge on any atom is -0.449 e. The van der Waals surface area contributed by atoms with E-state index >= 15 is 0 Å². The van der Waals surface area contributed by atoms with Crippen LogP contribution in [0.3, 0.4) is 0 Å². The minimum absolute atomic E-state index is 0.306. The van der Waals surface area contributed by atoms with Gasteiger partial charge in [0, 0.05) is 6.20 Å². The Morgan fingerprint density at radius 1 is 1.38 bits per heavy atom. The van der Waals surface area contributed by atoms with Gasteiger partial charge >= 0.3 is 0 Å². The normalized spacial score (nSPS) is 9.75. The molecule has 5 heteroatoms. The van der Waals surface area contributed by atoms with Gasteiger partial charge in [-0.25, -0.2) is 4.98 Å². The molecule has 4 nitrogen and oxygen atoms in total. The highest BCUT2D eigenvalue weighted by Crippen LogP contribution is 2.12. The second-order valence-corrected chi connectivity index (χ2v) is 3.53. The number of aromatic nitrogens is 1. The zero-order valence-corrected chi connectivity index (χ0v) is 9.03. The zero-order chi connectivity index (χ0) is 11.4. The van der Waals surface area contributed by atoms with Crippen LogP contribution in [-0.4, -0.2) is 4.98 Å². The van der Waals surface area contributed by atoms with E-state index in [0.29, 0.717) is 28.9 Å². The van der Waals surface area contributed by atoms with Crippen molar-refractivity contribution < 1.29 is 4.42 Å². The lowest BCUT2D eigenvalue weighted by atomic mass is 10.4. The summed E-state index contributed by atoms with van der Waals surface area (Å²) in [5.41, 5.74) is 0. The number of anilines is 1. The predicted octanol–water partition coefficient (Wildman–Crippen LogP) is 2.81. The number of nitriles is 1. The van der Waals surface area contributed by atoms with E-state index in [1.807, 2.05) is 6.07 Å². The van der Waals surface area contributed by atoms with Gasteiger partial charge in [0.15, 0.2) is 0 Å². The molecule has 1 N–H and O–H groups in total. The molecule has 0 saturated carbocycles. The average Bonchev–Trinajstić information content (AvgIpc) is 2.76. The molecule has 0 bridgehead atoms. The summed E-state index contributed by atoms with van der Waals surface area (Å²) in [5, 5.41) is 12.2. The molecule has 0 fully saturated rings. The third-order valence-electron chi connectivity index (χ3n) is 1.94. The van der Waals surface area contributed by atoms with E-state index in [-0.39, 0.29) is 0 Å². The summed E-state index contributed by atoms with van der Waals surface area (Å²) in [6.07, 6.45) is 1.56. The molecule has 16 heavy (non-hydrogen) atoms. The zero-order valence-electron chi connectivity index (χ0n) is 8.27. The van der Waals surface area contributed by atoms with Crippen LogP contribution in [0.15, 0.2) is 34.9 Å². The fraction of sp³-hybridized carbons (Fsp3) is 0.0909. The van der Waals surface area contributed by atoms with Crippen LogP contribution in [0.4, 0.5) is 5.82 Å². The first kappa shape index (κ1) is 10.5. The Bertz CT molecular complexity index is 513. The van der Waals surface area contributed by atoms with Crippen molar-refractivity contribution in [3.8, 4) is 6.07 Å². The van der Waals surface area contributed by atoms with E-state index in [9.17, 15) is 0 Å². The maximum Gasteiger partial charge on any atom is 0.203 e. The topological polar surface area (TPSA) is 61.9 Å². The molecule has 0 saturated heterocycles. The monoisotopic (exact) mass is 233 g/mol. The number of pyridine rings is 1. The number of halogens is 1. The van der Waals surface area contributed by atoms with Crippen LogP contribution >= 0.6 is 11.6 Å². The van der Waals surface area contributed by atoms with Gasteiger partial charge in [-0.3, -0.25) is 0 Å². The van der Waals surface area contributed by atoms with Gasteiger partial charge in [0.05, 0.1) is 11.6 Å². The molecule has 0 aromatic carbocycles. The van der Waals surface area contributed by atoms with Crippen LogP contribution in [0.5, 0.6) is 0 Å². The molecule has 2 aromatic rings. The minimum atomic E-state index is 0.306. The van der Waals surface area contributed by atoms with Gasteiger partial charge in [0.2, 0.25) is 5.76 Å². The van der Waals surface area contributed by atoms with Crippen molar-refractivity contribution in [2.24, 2.45) is 0 Å². The highest BCUT2D eigenvalue weighted by Gasteiger charge is 2.01. The van der Waals surface area contributed by atoms with Crippen LogP contribution in [0.2, 0.25) is 5.02 Å². The second-order valence-electron chi connectivity index (χ2n) is 3.09. The number of hydrogen-bond donors (Lipinski definition) is 1. The maximum absolute atomic E-state index is 8.58. The quantitative estimate of drug-likeness (QED) is 0.886. The van der Waals surface area contributed by atoms with Crippen LogP contribution in [0.1, 0.15) is 11.5 Å². The van der Waals surface area contributed by atoms with Gasteiger partial charge in [-0.05, 0) is 24.3 Å². The van der Waals surface area contributed by atoms with E-state index in [1.165, 1.54) is 0 Å². The van der Waals surface area contributed by atoms with Gasteiger partial charge in [-0.1, -0.05) is 11.6 Å². The van der Waals surface area contributed by atoms with Crippen molar-refractivity contribution in [3.63, 3.8) is 0 Å². The Kier molecular flexibility index (Phi) is 3.08. The van der Waals surface area contributed by atoms with Crippen molar-refractivity contribution in [2.75, 3.05) is 5.32 Å². The fourth-order valence-corrected chi connectivity index (χ4v) is 1.30. The van der Waals surface area contributed by atoms with Crippen molar-refractivity contribution in [3.05, 3.63) is 47.0 Å². The van der Waals surface area contributed by atoms with Gasteiger partial charge in [-0.15, -0.1) is 0 Å². The van der Waals surface area contributed by atoms with Gasteiger partial charge in [-0.2, -0.15) is 5.26 Å². The molecule has 2 rings (SSSR count). The predicted molar refractivity (Wildman–Crippen MR) is 60.0 cm³/mol. The summed E-state index contributed by atoms with van der Waals surface area (Å²) in [6, 6.07) is 8.83. The van der Waals surface area contributed by atoms with Crippen LogP contribution < -0.4 is 5.32 Å². The Hall–Kier alpha value is -1.99. The lowest BCUT2D eigenvalue weighted by molar-refractivity contribution is 0.506. The molecule has 0 radical (unpaired) electrons. The molecule has 0 atom stereocenters. The van der Waals surface area contributed by atoms with Crippen molar-refractivity contribution in [2.45, 2.75) is 6.54 Å². The SMILES string of the molecule is N#Cc1ccc(CNc2ccc(Cl)cn2)o1. The molecular weight excluding hydrogens is 226 g/mol. The molecule has 0 unspecified atom stereocenters. The first-order valence-electron chi connectivity index (χ1n) is 4.62. The largest absolute Gasteiger partial charge is 0.449 e. The molecule has 2 aromatic heterocycles. The third-order valence-corrected chi connectivity index (χ3v) is 2.17. The highest BCUT2D eigenvalue weighted by molar-refractivity contribution is 6.30. The van der Waals surface area contributed by atoms with E-state index in [1.54, 1.807) is 30.5 Å². The number of nitrogens with one attached hydrogen (secondary N) is 1. The summed E-state index contributed by atoms with van der Waals surface area (Å²) in [5.74, 6) is 1.70. The average molecular weight is 234 g/mol. The molecule has 0 spiro atoms. The van der Waals surface area contributed by atoms with E-state index in [2.05, 4.69) is 10.3 Å². The smallest absolute Gasteiger partial charge is 0.203 e. The summed E-state index contributed by atoms with van der Waals surface area (Å²) in [4.78, 5) is 4.07. The molecule has 0 aliphatic rings. The standard InChI is InChI=1S/C11H8ClN3O/c12-8-1-4-11(14-6-8)15-7-10-3-2-9(5-13)16-10/h1-4,6H,7H2,(H,14,15). The molecule has 0 aliphatic heterocycles. The maximum atomic E-state index is 8.58. The van der Waals surface area contributed by atoms with Gasteiger partial charge < -0.3 is 9.73 Å². The highest BCUT2D eigenvalue weighted by atomic mass is 35.5. The summed E-state index contributed by atoms with van der Waals surface area (Å²) >= 11 is 5.71. The molecule has 0 amide bonds. The lowest BCUT2D eigenvalue weighted by Crippen LogP contribution is -1.99. The van der Waals surface area contributed by atoms with Crippen molar-refractivity contribution in [1.82, 2.24) is 4.98 Å². The molecule has 0 aliphatic carbocycles. The van der Waals surface area contributed by atoms with Crippen LogP contribution in [-0.2, 0) is 6.54 Å². The van der Waals surface area contributed by atoms with Gasteiger partial charge in [0.25, 0.3) is 0 Å². The van der Waals surface area contributed by atoms with E-state index < -0.39 is 0 Å². The van der Waals surface area contributed by atoms with Crippen molar-refractivity contribution >= 4 is 17.4 Å². The summed E-state index contributed by atoms with van der Waals surface area (Å²) in [6.45, 7) is 0.482. The number of nitrogens with zero attached hydrogens (tertiary/aromatic N) is 2. The number of rotatable bonds is 3. The second kappa shape index (κ2) is 4.69. The summed E-state index contributed by atoms with van der Waals surface area (Å²) < 4.78 is 5.20. The fourth-order valence-electron chi connectivity index (χ4n) is 1.19. The van der Waals surface area contributed by atoms with E-state index in [0.717, 1.165) is 0 Å². The lowest BCUT2D eigenvalue weighted by Gasteiger charge is -2.02. The Labute approximate surface area is 97.5 Å². The molecule has 80 valence electrons. The van der Waals surface area contributed by atoms with Crippen LogP contribution in [0.25, 0.3) is 0 Å². The first-order chi connectivity index (χ1) is 7.78. The Morgan fingerprint density at radius 3 is 2.88 bits per heavy atom. The van der Waals surface area contributed by atoms with Crippen molar-refractivity contribution in [1.29, 1.82) is 5.26 Å². The Morgan fingerprint density at radius 2 is 2.25 bits per heavy atom. The number of hydrogen-bond acceptors (Lipinski definition) is 4. The van der Waals surface area contributed by atoms with Crippen LogP contribution in [0, 0.1) is 11.3 Å². The molecule has 2 heterocycles. The Balaban J connectivity index is 1.97. The summed E-state index contributed by atoms with van der Waals surface area (Å²) in [7, 11) is 0. The third kappa shape index (κ3) is 2.53.